The van der Waals surface area contributed by atoms with Gasteiger partial charge in [0, 0.05) is 12.3 Å². The zero-order valence-electron chi connectivity index (χ0n) is 13.7. The molecule has 0 fully saturated rings. The molecule has 0 unspecified atom stereocenters. The van der Waals surface area contributed by atoms with E-state index in [0.29, 0.717) is 22.9 Å². The summed E-state index contributed by atoms with van der Waals surface area (Å²) < 4.78 is 1.65. The van der Waals surface area contributed by atoms with Crippen LogP contribution < -0.4 is 5.73 Å². The number of hydrogen-bond donors (Lipinski definition) is 2. The van der Waals surface area contributed by atoms with Gasteiger partial charge in [-0.3, -0.25) is 4.57 Å². The topological polar surface area (TPSA) is 93.1 Å². The summed E-state index contributed by atoms with van der Waals surface area (Å²) in [5.74, 6) is 1.14. The number of thioether (sulfide) groups is 1. The Balaban J connectivity index is 1.93. The Morgan fingerprint density at radius 3 is 2.62 bits per heavy atom. The van der Waals surface area contributed by atoms with Crippen molar-refractivity contribution in [2.24, 2.45) is 0 Å². The standard InChI is InChI=1S/C16H20N6OS/c1-21(2)8-9-24-15-19-13(17)12-14(20-15)22(16(23)18-12)10-11-6-4-3-5-7-11/h3-7H,8-10H2,1-2H3,(H,18,23)(H2,17,19,20). The van der Waals surface area contributed by atoms with E-state index in [1.54, 1.807) is 4.57 Å². The second-order valence-corrected chi connectivity index (χ2v) is 6.76. The molecule has 0 spiro atoms. The number of nitrogens with two attached hydrogens (primary N) is 1. The molecule has 3 aromatic rings. The minimum Gasteiger partial charge on any atom is -0.480 e. The summed E-state index contributed by atoms with van der Waals surface area (Å²) >= 11 is 1.54. The predicted octanol–water partition coefficient (Wildman–Crippen LogP) is 1.82. The van der Waals surface area contributed by atoms with Crippen LogP contribution >= 0.6 is 11.8 Å². The molecule has 7 nitrogen and oxygen atoms in total. The van der Waals surface area contributed by atoms with Gasteiger partial charge in [-0.15, -0.1) is 0 Å². The monoisotopic (exact) mass is 344 g/mol. The van der Waals surface area contributed by atoms with Crippen molar-refractivity contribution in [3.8, 4) is 6.01 Å². The number of nitrogens with zero attached hydrogens (tertiary/aromatic N) is 5. The molecular formula is C16H20N6OS. The van der Waals surface area contributed by atoms with Crippen molar-refractivity contribution in [2.45, 2.75) is 11.7 Å². The molecule has 2 aromatic heterocycles. The molecule has 0 radical (unpaired) electrons. The average molecular weight is 344 g/mol. The van der Waals surface area contributed by atoms with Crippen LogP contribution in [0.5, 0.6) is 6.01 Å². The molecule has 24 heavy (non-hydrogen) atoms. The first-order chi connectivity index (χ1) is 11.5. The molecule has 8 heteroatoms. The molecular weight excluding hydrogens is 324 g/mol. The lowest BCUT2D eigenvalue weighted by atomic mass is 10.2. The predicted molar refractivity (Wildman–Crippen MR) is 96.2 cm³/mol. The van der Waals surface area contributed by atoms with Gasteiger partial charge in [-0.05, 0) is 19.7 Å². The average Bonchev–Trinajstić information content (AvgIpc) is 2.85. The SMILES string of the molecule is CN(C)CCSc1nc(N)c2nc(O)n(Cc3ccccc3)c2n1. The lowest BCUT2D eigenvalue weighted by Crippen LogP contribution is -2.15. The van der Waals surface area contributed by atoms with Crippen LogP contribution in [-0.2, 0) is 6.54 Å². The molecule has 126 valence electrons. The maximum atomic E-state index is 10.2. The largest absolute Gasteiger partial charge is 0.480 e. The molecule has 0 aliphatic heterocycles. The van der Waals surface area contributed by atoms with Crippen molar-refractivity contribution in [3.63, 3.8) is 0 Å². The van der Waals surface area contributed by atoms with Gasteiger partial charge >= 0.3 is 0 Å². The fraction of sp³-hybridized carbons (Fsp3) is 0.312. The van der Waals surface area contributed by atoms with Crippen LogP contribution in [0.25, 0.3) is 11.2 Å². The molecule has 1 aromatic carbocycles. The van der Waals surface area contributed by atoms with E-state index in [9.17, 15) is 5.11 Å². The normalized spacial score (nSPS) is 11.5. The van der Waals surface area contributed by atoms with Gasteiger partial charge in [0.2, 0.25) is 0 Å². The van der Waals surface area contributed by atoms with E-state index >= 15 is 0 Å². The first-order valence-electron chi connectivity index (χ1n) is 7.59. The van der Waals surface area contributed by atoms with Crippen LogP contribution in [-0.4, -0.2) is 55.9 Å². The Kier molecular flexibility index (Phi) is 4.86. The number of rotatable bonds is 6. The molecule has 2 heterocycles. The smallest absolute Gasteiger partial charge is 0.296 e. The second-order valence-electron chi connectivity index (χ2n) is 5.70. The van der Waals surface area contributed by atoms with Gasteiger partial charge in [-0.2, -0.15) is 4.98 Å². The number of imidazole rings is 1. The number of aromatic hydroxyl groups is 1. The fourth-order valence-electron chi connectivity index (χ4n) is 2.29. The summed E-state index contributed by atoms with van der Waals surface area (Å²) in [6.07, 6.45) is 0. The Hall–Kier alpha value is -2.32. The highest BCUT2D eigenvalue weighted by Gasteiger charge is 2.16. The summed E-state index contributed by atoms with van der Waals surface area (Å²) in [5, 5.41) is 10.8. The van der Waals surface area contributed by atoms with Crippen molar-refractivity contribution in [1.29, 1.82) is 0 Å². The van der Waals surface area contributed by atoms with E-state index < -0.39 is 0 Å². The minimum absolute atomic E-state index is 0.106. The van der Waals surface area contributed by atoms with Gasteiger partial charge in [-0.25, -0.2) is 9.97 Å². The highest BCUT2D eigenvalue weighted by Crippen LogP contribution is 2.26. The Bertz CT molecular complexity index is 833. The molecule has 0 aliphatic rings. The van der Waals surface area contributed by atoms with E-state index in [1.807, 2.05) is 44.4 Å². The van der Waals surface area contributed by atoms with E-state index in [1.165, 1.54) is 11.8 Å². The lowest BCUT2D eigenvalue weighted by molar-refractivity contribution is 0.408. The van der Waals surface area contributed by atoms with Gasteiger partial charge in [0.25, 0.3) is 6.01 Å². The van der Waals surface area contributed by atoms with Crippen molar-refractivity contribution < 1.29 is 5.11 Å². The van der Waals surface area contributed by atoms with Gasteiger partial charge < -0.3 is 15.7 Å². The molecule has 0 aliphatic carbocycles. The van der Waals surface area contributed by atoms with Gasteiger partial charge in [-0.1, -0.05) is 42.1 Å². The van der Waals surface area contributed by atoms with Crippen LogP contribution in [0.1, 0.15) is 5.56 Å². The number of hydrogen-bond acceptors (Lipinski definition) is 7. The van der Waals surface area contributed by atoms with Gasteiger partial charge in [0.15, 0.2) is 22.1 Å². The first-order valence-corrected chi connectivity index (χ1v) is 8.57. The second kappa shape index (κ2) is 7.06. The number of anilines is 1. The van der Waals surface area contributed by atoms with Crippen LogP contribution in [0.2, 0.25) is 0 Å². The highest BCUT2D eigenvalue weighted by molar-refractivity contribution is 7.99. The number of aromatic nitrogens is 4. The summed E-state index contributed by atoms with van der Waals surface area (Å²) in [5.41, 5.74) is 8.03. The van der Waals surface area contributed by atoms with E-state index in [0.717, 1.165) is 17.9 Å². The van der Waals surface area contributed by atoms with Crippen LogP contribution in [0, 0.1) is 0 Å². The maximum Gasteiger partial charge on any atom is 0.296 e. The fourth-order valence-corrected chi connectivity index (χ4v) is 3.24. The summed E-state index contributed by atoms with van der Waals surface area (Å²) in [6.45, 7) is 1.39. The van der Waals surface area contributed by atoms with Crippen molar-refractivity contribution in [2.75, 3.05) is 32.1 Å². The zero-order chi connectivity index (χ0) is 17.1. The van der Waals surface area contributed by atoms with Crippen LogP contribution in [0.4, 0.5) is 5.82 Å². The quantitative estimate of drug-likeness (QED) is 0.520. The molecule has 3 rings (SSSR count). The maximum absolute atomic E-state index is 10.2. The van der Waals surface area contributed by atoms with Crippen LogP contribution in [0.3, 0.4) is 0 Å². The molecule has 0 saturated carbocycles. The van der Waals surface area contributed by atoms with Crippen molar-refractivity contribution >= 4 is 28.7 Å². The highest BCUT2D eigenvalue weighted by atomic mass is 32.2. The van der Waals surface area contributed by atoms with Gasteiger partial charge in [0.1, 0.15) is 0 Å². The third kappa shape index (κ3) is 3.60. The lowest BCUT2D eigenvalue weighted by Gasteiger charge is -2.09. The Labute approximate surface area is 144 Å². The summed E-state index contributed by atoms with van der Waals surface area (Å²) in [7, 11) is 4.04. The Morgan fingerprint density at radius 1 is 1.17 bits per heavy atom. The number of nitrogen functional groups attached to an aromatic ring is 1. The number of benzene rings is 1. The summed E-state index contributed by atoms with van der Waals surface area (Å²) in [4.78, 5) is 15.0. The third-order valence-corrected chi connectivity index (χ3v) is 4.36. The van der Waals surface area contributed by atoms with E-state index in [4.69, 9.17) is 5.73 Å². The van der Waals surface area contributed by atoms with Gasteiger partial charge in [0.05, 0.1) is 6.54 Å². The third-order valence-electron chi connectivity index (χ3n) is 3.53. The molecule has 0 saturated heterocycles. The molecule has 0 amide bonds. The van der Waals surface area contributed by atoms with E-state index in [-0.39, 0.29) is 11.8 Å². The zero-order valence-corrected chi connectivity index (χ0v) is 14.5. The molecule has 0 atom stereocenters. The molecule has 3 N–H and O–H groups in total. The summed E-state index contributed by atoms with van der Waals surface area (Å²) in [6, 6.07) is 9.74. The number of fused-ring (bicyclic) bond motifs is 1. The van der Waals surface area contributed by atoms with Crippen molar-refractivity contribution in [1.82, 2.24) is 24.4 Å². The minimum atomic E-state index is -0.106. The first kappa shape index (κ1) is 16.5. The van der Waals surface area contributed by atoms with E-state index in [2.05, 4.69) is 19.9 Å². The van der Waals surface area contributed by atoms with Crippen molar-refractivity contribution in [3.05, 3.63) is 35.9 Å². The van der Waals surface area contributed by atoms with Crippen LogP contribution in [0.15, 0.2) is 35.5 Å². The molecule has 0 bridgehead atoms. The Morgan fingerprint density at radius 2 is 1.92 bits per heavy atom.